The number of carbonyl (C=O) groups excluding carboxylic acids is 1. The lowest BCUT2D eigenvalue weighted by atomic mass is 10.3. The first-order valence-corrected chi connectivity index (χ1v) is 8.83. The molecule has 1 aromatic rings. The van der Waals surface area contributed by atoms with Crippen LogP contribution in [0, 0.1) is 0 Å². The largest absolute Gasteiger partial charge is 0.353 e. The molecule has 0 saturated carbocycles. The van der Waals surface area contributed by atoms with Gasteiger partial charge in [0.25, 0.3) is 0 Å². The molecule has 0 radical (unpaired) electrons. The number of aliphatic imine (C=N–C) groups is 1. The number of rotatable bonds is 4. The predicted octanol–water partition coefficient (Wildman–Crippen LogP) is 0.595. The van der Waals surface area contributed by atoms with Gasteiger partial charge in [0, 0.05) is 18.8 Å². The molecule has 23 heavy (non-hydrogen) atoms. The lowest BCUT2D eigenvalue weighted by Gasteiger charge is -2.15. The molecule has 1 aliphatic rings. The van der Waals surface area contributed by atoms with Crippen molar-refractivity contribution in [1.29, 1.82) is 0 Å². The van der Waals surface area contributed by atoms with E-state index in [0.717, 1.165) is 5.69 Å². The van der Waals surface area contributed by atoms with E-state index >= 15 is 0 Å². The molecule has 0 aliphatic carbocycles. The number of hydrogen-bond donors (Lipinski definition) is 3. The van der Waals surface area contributed by atoms with Crippen LogP contribution in [0.2, 0.25) is 0 Å². The Morgan fingerprint density at radius 1 is 1.30 bits per heavy atom. The van der Waals surface area contributed by atoms with E-state index in [1.54, 1.807) is 19.2 Å². The monoisotopic (exact) mass is 452 g/mol. The Hall–Kier alpha value is -1.36. The van der Waals surface area contributed by atoms with Gasteiger partial charge in [-0.2, -0.15) is 0 Å². The molecule has 1 aromatic carbocycles. The molecular weight excluding hydrogens is 431 g/mol. The number of para-hydroxylation sites is 1. The number of guanidine groups is 1. The van der Waals surface area contributed by atoms with Crippen LogP contribution in [-0.2, 0) is 14.6 Å². The number of carbonyl (C=O) groups is 1. The highest BCUT2D eigenvalue weighted by Crippen LogP contribution is 2.10. The number of halogens is 1. The zero-order valence-electron chi connectivity index (χ0n) is 12.8. The fraction of sp³-hybridized carbons (Fsp3) is 0.429. The first-order valence-electron chi connectivity index (χ1n) is 7.01. The first-order chi connectivity index (χ1) is 10.5. The first kappa shape index (κ1) is 19.7. The molecule has 1 heterocycles. The SMILES string of the molecule is CN=C(NCC(=O)Nc1ccccc1)NC1CCS(=O)(=O)C1.I. The molecule has 0 spiro atoms. The van der Waals surface area contributed by atoms with E-state index in [1.807, 2.05) is 18.2 Å². The summed E-state index contributed by atoms with van der Waals surface area (Å²) in [5.41, 5.74) is 0.721. The van der Waals surface area contributed by atoms with Crippen LogP contribution in [0.15, 0.2) is 35.3 Å². The molecule has 0 aromatic heterocycles. The molecule has 7 nitrogen and oxygen atoms in total. The molecule has 9 heteroatoms. The van der Waals surface area contributed by atoms with Gasteiger partial charge in [-0.1, -0.05) is 18.2 Å². The quantitative estimate of drug-likeness (QED) is 0.353. The normalized spacial score (nSPS) is 19.5. The zero-order valence-corrected chi connectivity index (χ0v) is 15.9. The van der Waals surface area contributed by atoms with Crippen LogP contribution in [0.25, 0.3) is 0 Å². The average molecular weight is 452 g/mol. The van der Waals surface area contributed by atoms with Gasteiger partial charge in [-0.15, -0.1) is 24.0 Å². The molecule has 128 valence electrons. The molecule has 1 unspecified atom stereocenters. The summed E-state index contributed by atoms with van der Waals surface area (Å²) in [7, 11) is -1.37. The molecule has 1 fully saturated rings. The van der Waals surface area contributed by atoms with Crippen molar-refractivity contribution in [2.75, 3.05) is 30.4 Å². The molecule has 1 aliphatic heterocycles. The van der Waals surface area contributed by atoms with E-state index in [-0.39, 0.29) is 54.0 Å². The van der Waals surface area contributed by atoms with Crippen LogP contribution < -0.4 is 16.0 Å². The fourth-order valence-electron chi connectivity index (χ4n) is 2.19. The third kappa shape index (κ3) is 6.73. The summed E-state index contributed by atoms with van der Waals surface area (Å²) in [6.45, 7) is 0.0496. The molecule has 3 N–H and O–H groups in total. The summed E-state index contributed by atoms with van der Waals surface area (Å²) in [5.74, 6) is 0.513. The lowest BCUT2D eigenvalue weighted by molar-refractivity contribution is -0.115. The maximum atomic E-state index is 11.8. The van der Waals surface area contributed by atoms with Crippen molar-refractivity contribution in [3.8, 4) is 0 Å². The van der Waals surface area contributed by atoms with E-state index in [9.17, 15) is 13.2 Å². The van der Waals surface area contributed by atoms with Gasteiger partial charge in [-0.3, -0.25) is 9.79 Å². The van der Waals surface area contributed by atoms with Gasteiger partial charge < -0.3 is 16.0 Å². The number of anilines is 1. The fourth-order valence-corrected chi connectivity index (χ4v) is 3.86. The number of benzene rings is 1. The van der Waals surface area contributed by atoms with E-state index in [1.165, 1.54) is 0 Å². The number of nitrogens with one attached hydrogen (secondary N) is 3. The highest BCUT2D eigenvalue weighted by atomic mass is 127. The lowest BCUT2D eigenvalue weighted by Crippen LogP contribution is -2.46. The molecule has 2 rings (SSSR count). The van der Waals surface area contributed by atoms with Crippen molar-refractivity contribution in [3.05, 3.63) is 30.3 Å². The Bertz CT molecular complexity index is 649. The Morgan fingerprint density at radius 3 is 2.57 bits per heavy atom. The van der Waals surface area contributed by atoms with Crippen molar-refractivity contribution in [2.45, 2.75) is 12.5 Å². The van der Waals surface area contributed by atoms with Crippen molar-refractivity contribution in [1.82, 2.24) is 10.6 Å². The van der Waals surface area contributed by atoms with Crippen LogP contribution in [0.3, 0.4) is 0 Å². The maximum absolute atomic E-state index is 11.8. The molecule has 0 bridgehead atoms. The number of nitrogens with zero attached hydrogens (tertiary/aromatic N) is 1. The second-order valence-corrected chi connectivity index (χ2v) is 7.31. The van der Waals surface area contributed by atoms with Crippen LogP contribution >= 0.6 is 24.0 Å². The molecular formula is C14H21IN4O3S. The third-order valence-corrected chi connectivity index (χ3v) is 5.04. The van der Waals surface area contributed by atoms with E-state index < -0.39 is 9.84 Å². The Balaban J connectivity index is 0.00000264. The van der Waals surface area contributed by atoms with E-state index in [4.69, 9.17) is 0 Å². The van der Waals surface area contributed by atoms with Crippen molar-refractivity contribution >= 4 is 51.4 Å². The summed E-state index contributed by atoms with van der Waals surface area (Å²) >= 11 is 0. The third-order valence-electron chi connectivity index (χ3n) is 3.27. The van der Waals surface area contributed by atoms with Gasteiger partial charge >= 0.3 is 0 Å². The van der Waals surface area contributed by atoms with E-state index in [0.29, 0.717) is 12.4 Å². The minimum Gasteiger partial charge on any atom is -0.353 e. The standard InChI is InChI=1S/C14H20N4O3S.HI/c1-15-14(18-12-7-8-22(20,21)10-12)16-9-13(19)17-11-5-3-2-4-6-11;/h2-6,12H,7-10H2,1H3,(H,17,19)(H2,15,16,18);1H. The van der Waals surface area contributed by atoms with Crippen LogP contribution in [0.5, 0.6) is 0 Å². The van der Waals surface area contributed by atoms with Crippen molar-refractivity contribution < 1.29 is 13.2 Å². The van der Waals surface area contributed by atoms with Crippen LogP contribution in [0.1, 0.15) is 6.42 Å². The Kier molecular flexibility index (Phi) is 7.76. The summed E-state index contributed by atoms with van der Waals surface area (Å²) in [5, 5.41) is 8.64. The summed E-state index contributed by atoms with van der Waals surface area (Å²) in [4.78, 5) is 15.8. The summed E-state index contributed by atoms with van der Waals surface area (Å²) in [6.07, 6.45) is 0.555. The van der Waals surface area contributed by atoms with Gasteiger partial charge in [0.2, 0.25) is 5.91 Å². The minimum atomic E-state index is -2.95. The second-order valence-electron chi connectivity index (χ2n) is 5.08. The number of amides is 1. The number of sulfone groups is 1. The highest BCUT2D eigenvalue weighted by molar-refractivity contribution is 14.0. The van der Waals surface area contributed by atoms with E-state index in [2.05, 4.69) is 20.9 Å². The van der Waals surface area contributed by atoms with Gasteiger partial charge in [0.15, 0.2) is 15.8 Å². The van der Waals surface area contributed by atoms with Gasteiger partial charge in [0.1, 0.15) is 0 Å². The molecule has 1 atom stereocenters. The topological polar surface area (TPSA) is 99.7 Å². The van der Waals surface area contributed by atoms with Gasteiger partial charge in [0.05, 0.1) is 18.1 Å². The Morgan fingerprint density at radius 2 is 2.00 bits per heavy atom. The van der Waals surface area contributed by atoms with Crippen LogP contribution in [0.4, 0.5) is 5.69 Å². The van der Waals surface area contributed by atoms with Crippen LogP contribution in [-0.4, -0.2) is 51.4 Å². The smallest absolute Gasteiger partial charge is 0.243 e. The molecule has 1 amide bonds. The molecule has 1 saturated heterocycles. The highest BCUT2D eigenvalue weighted by Gasteiger charge is 2.28. The van der Waals surface area contributed by atoms with Crippen molar-refractivity contribution in [3.63, 3.8) is 0 Å². The second kappa shape index (κ2) is 9.06. The van der Waals surface area contributed by atoms with Crippen molar-refractivity contribution in [2.24, 2.45) is 4.99 Å². The zero-order chi connectivity index (χ0) is 16.0. The average Bonchev–Trinajstić information content (AvgIpc) is 2.83. The van der Waals surface area contributed by atoms with Gasteiger partial charge in [-0.05, 0) is 18.6 Å². The minimum absolute atomic E-state index is 0. The summed E-state index contributed by atoms with van der Waals surface area (Å²) < 4.78 is 22.8. The predicted molar refractivity (Wildman–Crippen MR) is 102 cm³/mol. The number of hydrogen-bond acceptors (Lipinski definition) is 4. The Labute approximate surface area is 153 Å². The summed E-state index contributed by atoms with van der Waals surface area (Å²) in [6, 6.07) is 8.99. The maximum Gasteiger partial charge on any atom is 0.243 e. The van der Waals surface area contributed by atoms with Gasteiger partial charge in [-0.25, -0.2) is 8.42 Å².